The first kappa shape index (κ1) is 14.2. The molecule has 0 bridgehead atoms. The van der Waals surface area contributed by atoms with Gasteiger partial charge in [0.15, 0.2) is 0 Å². The van der Waals surface area contributed by atoms with E-state index in [4.69, 9.17) is 11.6 Å². The number of phenolic OH excluding ortho intramolecular Hbond substituents is 1. The number of amides is 1. The van der Waals surface area contributed by atoms with Crippen molar-refractivity contribution in [1.29, 1.82) is 0 Å². The van der Waals surface area contributed by atoms with Gasteiger partial charge in [-0.3, -0.25) is 4.79 Å². The number of hydrogen-bond donors (Lipinski definition) is 1. The summed E-state index contributed by atoms with van der Waals surface area (Å²) in [4.78, 5) is 14.5. The molecule has 3 nitrogen and oxygen atoms in total. The van der Waals surface area contributed by atoms with E-state index in [2.05, 4.69) is 0 Å². The fraction of sp³-hybridized carbons (Fsp3) is 0.533. The summed E-state index contributed by atoms with van der Waals surface area (Å²) in [5.74, 6) is 0.858. The first-order chi connectivity index (χ1) is 9.15. The third-order valence-electron chi connectivity index (χ3n) is 3.84. The topological polar surface area (TPSA) is 40.5 Å². The zero-order valence-corrected chi connectivity index (χ0v) is 12.0. The van der Waals surface area contributed by atoms with Gasteiger partial charge in [-0.2, -0.15) is 0 Å². The summed E-state index contributed by atoms with van der Waals surface area (Å²) in [5, 5.41) is 9.71. The van der Waals surface area contributed by atoms with Gasteiger partial charge in [0.1, 0.15) is 5.75 Å². The van der Waals surface area contributed by atoms with Gasteiger partial charge in [0, 0.05) is 29.6 Å². The van der Waals surface area contributed by atoms with E-state index in [0.717, 1.165) is 32.2 Å². The van der Waals surface area contributed by atoms with Crippen LogP contribution in [0.1, 0.15) is 41.6 Å². The number of carbonyl (C=O) groups is 1. The lowest BCUT2D eigenvalue weighted by molar-refractivity contribution is 0.0729. The first-order valence-electron chi connectivity index (χ1n) is 6.80. The van der Waals surface area contributed by atoms with Crippen LogP contribution in [0.4, 0.5) is 0 Å². The molecule has 0 aromatic heterocycles. The first-order valence-corrected chi connectivity index (χ1v) is 7.34. The van der Waals surface area contributed by atoms with Crippen LogP contribution >= 0.6 is 11.6 Å². The summed E-state index contributed by atoms with van der Waals surface area (Å²) in [6.45, 7) is 2.59. The Morgan fingerprint density at radius 1 is 1.53 bits per heavy atom. The van der Waals surface area contributed by atoms with Gasteiger partial charge in [-0.05, 0) is 44.7 Å². The molecule has 104 valence electrons. The minimum atomic E-state index is 0.0328. The quantitative estimate of drug-likeness (QED) is 0.860. The van der Waals surface area contributed by atoms with E-state index in [-0.39, 0.29) is 11.7 Å². The maximum atomic E-state index is 12.6. The smallest absolute Gasteiger partial charge is 0.254 e. The maximum Gasteiger partial charge on any atom is 0.254 e. The average Bonchev–Trinajstić information content (AvgIpc) is 2.87. The maximum absolute atomic E-state index is 12.6. The second-order valence-corrected chi connectivity index (χ2v) is 5.45. The standard InChI is InChI=1S/C15H20ClNO2/c1-11-13(7-2-8-14(11)18)15(19)17-10-4-6-12(17)5-3-9-16/h2,7-8,12,18H,3-6,9-10H2,1H3. The Kier molecular flexibility index (Phi) is 4.70. The van der Waals surface area contributed by atoms with E-state index in [9.17, 15) is 9.90 Å². The Hall–Kier alpha value is -1.22. The molecule has 0 saturated carbocycles. The van der Waals surface area contributed by atoms with Crippen LogP contribution in [0.25, 0.3) is 0 Å². The van der Waals surface area contributed by atoms with Crippen molar-refractivity contribution in [3.63, 3.8) is 0 Å². The number of carbonyl (C=O) groups excluding carboxylic acids is 1. The lowest BCUT2D eigenvalue weighted by Crippen LogP contribution is -2.35. The monoisotopic (exact) mass is 281 g/mol. The molecule has 0 spiro atoms. The molecule has 1 aromatic rings. The van der Waals surface area contributed by atoms with Crippen LogP contribution in [0.15, 0.2) is 18.2 Å². The average molecular weight is 282 g/mol. The van der Waals surface area contributed by atoms with Gasteiger partial charge in [-0.15, -0.1) is 11.6 Å². The van der Waals surface area contributed by atoms with Gasteiger partial charge in [0.2, 0.25) is 0 Å². The molecular weight excluding hydrogens is 262 g/mol. The lowest BCUT2D eigenvalue weighted by Gasteiger charge is -2.25. The zero-order chi connectivity index (χ0) is 13.8. The van der Waals surface area contributed by atoms with Crippen LogP contribution in [0.3, 0.4) is 0 Å². The highest BCUT2D eigenvalue weighted by Crippen LogP contribution is 2.27. The fourth-order valence-corrected chi connectivity index (χ4v) is 2.88. The number of rotatable bonds is 4. The van der Waals surface area contributed by atoms with Gasteiger partial charge in [-0.25, -0.2) is 0 Å². The largest absolute Gasteiger partial charge is 0.508 e. The van der Waals surface area contributed by atoms with Gasteiger partial charge >= 0.3 is 0 Å². The summed E-state index contributed by atoms with van der Waals surface area (Å²) in [7, 11) is 0. The molecule has 1 unspecified atom stereocenters. The van der Waals surface area contributed by atoms with Crippen molar-refractivity contribution in [2.45, 2.75) is 38.6 Å². The SMILES string of the molecule is Cc1c(O)cccc1C(=O)N1CCCC1CCCCl. The molecule has 2 rings (SSSR count). The molecule has 1 aliphatic rings. The van der Waals surface area contributed by atoms with Crippen LogP contribution in [0, 0.1) is 6.92 Å². The number of likely N-dealkylation sites (tertiary alicyclic amines) is 1. The van der Waals surface area contributed by atoms with Gasteiger partial charge < -0.3 is 10.0 Å². The van der Waals surface area contributed by atoms with Crippen molar-refractivity contribution in [3.05, 3.63) is 29.3 Å². The Bertz CT molecular complexity index is 461. The fourth-order valence-electron chi connectivity index (χ4n) is 2.73. The molecule has 1 N–H and O–H groups in total. The number of alkyl halides is 1. The van der Waals surface area contributed by atoms with Crippen molar-refractivity contribution in [2.24, 2.45) is 0 Å². The Morgan fingerprint density at radius 3 is 3.05 bits per heavy atom. The molecule has 1 aromatic carbocycles. The van der Waals surface area contributed by atoms with E-state index in [0.29, 0.717) is 23.0 Å². The molecule has 0 aliphatic carbocycles. The van der Waals surface area contributed by atoms with Gasteiger partial charge in [0.05, 0.1) is 0 Å². The normalized spacial score (nSPS) is 18.8. The predicted octanol–water partition coefficient (Wildman–Crippen LogP) is 3.32. The summed E-state index contributed by atoms with van der Waals surface area (Å²) in [6.07, 6.45) is 4.01. The van der Waals surface area contributed by atoms with Crippen molar-refractivity contribution in [3.8, 4) is 5.75 Å². The van der Waals surface area contributed by atoms with Crippen LogP contribution in [-0.2, 0) is 0 Å². The van der Waals surface area contributed by atoms with Crippen LogP contribution < -0.4 is 0 Å². The molecule has 1 aliphatic heterocycles. The molecule has 1 saturated heterocycles. The minimum absolute atomic E-state index is 0.0328. The van der Waals surface area contributed by atoms with Gasteiger partial charge in [-0.1, -0.05) is 6.07 Å². The van der Waals surface area contributed by atoms with Crippen LogP contribution in [-0.4, -0.2) is 34.4 Å². The second-order valence-electron chi connectivity index (χ2n) is 5.08. The molecule has 19 heavy (non-hydrogen) atoms. The van der Waals surface area contributed by atoms with Crippen molar-refractivity contribution in [2.75, 3.05) is 12.4 Å². The molecule has 0 radical (unpaired) electrons. The Morgan fingerprint density at radius 2 is 2.32 bits per heavy atom. The highest BCUT2D eigenvalue weighted by Gasteiger charge is 2.29. The van der Waals surface area contributed by atoms with E-state index in [1.165, 1.54) is 0 Å². The van der Waals surface area contributed by atoms with Crippen molar-refractivity contribution in [1.82, 2.24) is 4.90 Å². The summed E-state index contributed by atoms with van der Waals surface area (Å²) in [5.41, 5.74) is 1.27. The number of nitrogens with zero attached hydrogens (tertiary/aromatic N) is 1. The molecule has 1 atom stereocenters. The van der Waals surface area contributed by atoms with Crippen molar-refractivity contribution < 1.29 is 9.90 Å². The number of halogens is 1. The Labute approximate surface area is 119 Å². The molecule has 1 heterocycles. The Balaban J connectivity index is 2.16. The lowest BCUT2D eigenvalue weighted by atomic mass is 10.0. The van der Waals surface area contributed by atoms with Crippen LogP contribution in [0.2, 0.25) is 0 Å². The molecule has 4 heteroatoms. The van der Waals surface area contributed by atoms with E-state index >= 15 is 0 Å². The van der Waals surface area contributed by atoms with E-state index < -0.39 is 0 Å². The summed E-state index contributed by atoms with van der Waals surface area (Å²) < 4.78 is 0. The highest BCUT2D eigenvalue weighted by atomic mass is 35.5. The van der Waals surface area contributed by atoms with Crippen molar-refractivity contribution >= 4 is 17.5 Å². The third-order valence-corrected chi connectivity index (χ3v) is 4.11. The minimum Gasteiger partial charge on any atom is -0.508 e. The molecule has 1 fully saturated rings. The zero-order valence-electron chi connectivity index (χ0n) is 11.2. The second kappa shape index (κ2) is 6.29. The summed E-state index contributed by atoms with van der Waals surface area (Å²) in [6, 6.07) is 5.42. The number of benzene rings is 1. The highest BCUT2D eigenvalue weighted by molar-refractivity contribution is 6.17. The number of hydrogen-bond acceptors (Lipinski definition) is 2. The van der Waals surface area contributed by atoms with E-state index in [1.54, 1.807) is 25.1 Å². The van der Waals surface area contributed by atoms with E-state index in [1.807, 2.05) is 4.90 Å². The summed E-state index contributed by atoms with van der Waals surface area (Å²) >= 11 is 5.73. The van der Waals surface area contributed by atoms with Crippen LogP contribution in [0.5, 0.6) is 5.75 Å². The predicted molar refractivity (Wildman–Crippen MR) is 76.9 cm³/mol. The molecular formula is C15H20ClNO2. The third kappa shape index (κ3) is 3.03. The number of phenols is 1. The molecule has 1 amide bonds. The van der Waals surface area contributed by atoms with Gasteiger partial charge in [0.25, 0.3) is 5.91 Å². The number of aromatic hydroxyl groups is 1.